The second-order valence-electron chi connectivity index (χ2n) is 12.6. The van der Waals surface area contributed by atoms with Gasteiger partial charge in [-0.2, -0.15) is 0 Å². The third kappa shape index (κ3) is 6.04. The van der Waals surface area contributed by atoms with Crippen molar-refractivity contribution in [3.05, 3.63) is 121 Å². The van der Waals surface area contributed by atoms with Gasteiger partial charge in [-0.1, -0.05) is 36.4 Å². The summed E-state index contributed by atoms with van der Waals surface area (Å²) in [7, 11) is 0. The number of piperidine rings is 1. The van der Waals surface area contributed by atoms with E-state index in [1.165, 1.54) is 11.6 Å². The van der Waals surface area contributed by atoms with Gasteiger partial charge in [-0.3, -0.25) is 19.3 Å². The number of carbonyl (C=O) groups is 1. The molecule has 4 aromatic rings. The van der Waals surface area contributed by atoms with Gasteiger partial charge in [0.2, 0.25) is 17.1 Å². The summed E-state index contributed by atoms with van der Waals surface area (Å²) in [6.07, 6.45) is 2.37. The molecule has 2 aromatic heterocycles. The molecule has 3 N–H and O–H groups in total. The number of benzene rings is 2. The number of rotatable bonds is 10. The topological polar surface area (TPSA) is 137 Å². The molecule has 3 aliphatic heterocycles. The molecule has 0 spiro atoms. The van der Waals surface area contributed by atoms with Crippen LogP contribution in [0.25, 0.3) is 0 Å². The first-order chi connectivity index (χ1) is 22.3. The summed E-state index contributed by atoms with van der Waals surface area (Å²) in [6, 6.07) is 20.1. The van der Waals surface area contributed by atoms with E-state index in [0.29, 0.717) is 62.3 Å². The smallest absolute Gasteiger partial charge is 0.250 e. The molecule has 0 radical (unpaired) electrons. The Bertz CT molecular complexity index is 1900. The number of para-hydroxylation sites is 1. The Labute approximate surface area is 266 Å². The number of likely N-dealkylation sites (tertiary alicyclic amines) is 1. The zero-order chi connectivity index (χ0) is 31.8. The molecule has 0 aliphatic carbocycles. The number of hydrogen-bond acceptors (Lipinski definition) is 8. The SMILES string of the molecule is NC(=O)C[C@@H](c1ccccc1OCCc1ccc2c(c1)CCO2)c1oc(CN2C[C@@H]3C[C@@H](C2)c2cccc(=O)n2C3)cc(=O)c1O. The number of amides is 1. The zero-order valence-corrected chi connectivity index (χ0v) is 25.5. The molecule has 46 heavy (non-hydrogen) atoms. The van der Waals surface area contributed by atoms with Gasteiger partial charge in [0.05, 0.1) is 25.7 Å². The molecule has 5 heterocycles. The number of hydrogen-bond donors (Lipinski definition) is 2. The molecule has 10 heteroatoms. The summed E-state index contributed by atoms with van der Waals surface area (Å²) in [5.74, 6) is 0.327. The molecule has 1 fully saturated rings. The predicted molar refractivity (Wildman–Crippen MR) is 170 cm³/mol. The minimum absolute atomic E-state index is 0.00919. The monoisotopic (exact) mass is 623 g/mol. The van der Waals surface area contributed by atoms with E-state index < -0.39 is 23.0 Å². The van der Waals surface area contributed by atoms with E-state index in [1.807, 2.05) is 41.0 Å². The van der Waals surface area contributed by atoms with Crippen LogP contribution in [0.2, 0.25) is 0 Å². The van der Waals surface area contributed by atoms with E-state index in [2.05, 4.69) is 11.0 Å². The van der Waals surface area contributed by atoms with Crippen LogP contribution in [0.15, 0.2) is 80.7 Å². The standard InChI is InChI=1S/C36H37N3O7/c37-33(41)17-28(27-4-1-2-6-32(27)45-12-10-22-8-9-31-24(14-22)11-13-44-31)36-35(43)30(40)16-26(46-36)21-38-18-23-15-25(20-38)29-5-3-7-34(42)39(29)19-23/h1-9,14,16,23,25,28,43H,10-13,15,17-21H2,(H2,37,41)/t23-,25-,28-/m0/s1. The van der Waals surface area contributed by atoms with Crippen LogP contribution in [-0.4, -0.2) is 46.8 Å². The average Bonchev–Trinajstić information content (AvgIpc) is 3.51. The van der Waals surface area contributed by atoms with Crippen molar-refractivity contribution in [3.63, 3.8) is 0 Å². The molecular formula is C36H37N3O7. The van der Waals surface area contributed by atoms with Crippen LogP contribution in [0.4, 0.5) is 0 Å². The van der Waals surface area contributed by atoms with Crippen molar-refractivity contribution in [2.75, 3.05) is 26.3 Å². The molecule has 7 rings (SSSR count). The number of fused-ring (bicyclic) bond motifs is 5. The quantitative estimate of drug-likeness (QED) is 0.273. The summed E-state index contributed by atoms with van der Waals surface area (Å²) in [4.78, 5) is 40.1. The maximum Gasteiger partial charge on any atom is 0.250 e. The lowest BCUT2D eigenvalue weighted by Crippen LogP contribution is -2.46. The van der Waals surface area contributed by atoms with Gasteiger partial charge in [-0.25, -0.2) is 0 Å². The Morgan fingerprint density at radius 1 is 1.04 bits per heavy atom. The van der Waals surface area contributed by atoms with E-state index >= 15 is 0 Å². The van der Waals surface area contributed by atoms with Gasteiger partial charge in [0.1, 0.15) is 17.3 Å². The van der Waals surface area contributed by atoms with Crippen molar-refractivity contribution < 1.29 is 23.8 Å². The molecular weight excluding hydrogens is 586 g/mol. The molecule has 1 amide bonds. The van der Waals surface area contributed by atoms with Crippen LogP contribution >= 0.6 is 0 Å². The third-order valence-corrected chi connectivity index (χ3v) is 9.35. The van der Waals surface area contributed by atoms with Crippen LogP contribution in [0.3, 0.4) is 0 Å². The van der Waals surface area contributed by atoms with Gasteiger partial charge < -0.3 is 29.3 Å². The number of primary amides is 1. The fourth-order valence-corrected chi connectivity index (χ4v) is 7.33. The second-order valence-corrected chi connectivity index (χ2v) is 12.6. The lowest BCUT2D eigenvalue weighted by Gasteiger charge is -2.42. The van der Waals surface area contributed by atoms with E-state index in [4.69, 9.17) is 19.6 Å². The van der Waals surface area contributed by atoms with Gasteiger partial charge in [-0.15, -0.1) is 0 Å². The molecule has 0 saturated carbocycles. The highest BCUT2D eigenvalue weighted by Crippen LogP contribution is 2.39. The van der Waals surface area contributed by atoms with E-state index in [9.17, 15) is 19.5 Å². The number of ether oxygens (including phenoxy) is 2. The van der Waals surface area contributed by atoms with Crippen LogP contribution < -0.4 is 26.2 Å². The highest BCUT2D eigenvalue weighted by molar-refractivity contribution is 5.75. The number of nitrogens with two attached hydrogens (primary N) is 1. The average molecular weight is 624 g/mol. The van der Waals surface area contributed by atoms with Gasteiger partial charge >= 0.3 is 0 Å². The Morgan fingerprint density at radius 2 is 1.91 bits per heavy atom. The van der Waals surface area contributed by atoms with Crippen molar-refractivity contribution >= 4 is 5.91 Å². The molecule has 2 bridgehead atoms. The molecule has 3 aliphatic rings. The Kier molecular flexibility index (Phi) is 8.12. The van der Waals surface area contributed by atoms with Crippen molar-refractivity contribution in [2.45, 2.75) is 50.6 Å². The van der Waals surface area contributed by atoms with E-state index in [1.54, 1.807) is 18.2 Å². The summed E-state index contributed by atoms with van der Waals surface area (Å²) in [6.45, 7) is 3.53. The lowest BCUT2D eigenvalue weighted by atomic mass is 9.83. The number of pyridine rings is 1. The van der Waals surface area contributed by atoms with Gasteiger partial charge in [0.25, 0.3) is 5.56 Å². The lowest BCUT2D eigenvalue weighted by molar-refractivity contribution is -0.118. The molecule has 1 saturated heterocycles. The Morgan fingerprint density at radius 3 is 2.78 bits per heavy atom. The van der Waals surface area contributed by atoms with Crippen LogP contribution in [0.5, 0.6) is 17.2 Å². The Hall–Kier alpha value is -4.83. The van der Waals surface area contributed by atoms with Crippen LogP contribution in [0.1, 0.15) is 58.6 Å². The van der Waals surface area contributed by atoms with Crippen LogP contribution in [0, 0.1) is 5.92 Å². The maximum absolute atomic E-state index is 13.1. The van der Waals surface area contributed by atoms with E-state index in [0.717, 1.165) is 36.4 Å². The highest BCUT2D eigenvalue weighted by atomic mass is 16.5. The van der Waals surface area contributed by atoms with Crippen molar-refractivity contribution in [2.24, 2.45) is 11.7 Å². The minimum atomic E-state index is -0.835. The molecule has 2 aromatic carbocycles. The number of nitrogens with zero attached hydrogens (tertiary/aromatic N) is 2. The summed E-state index contributed by atoms with van der Waals surface area (Å²) >= 11 is 0. The first-order valence-corrected chi connectivity index (χ1v) is 15.8. The molecule has 238 valence electrons. The maximum atomic E-state index is 13.1. The van der Waals surface area contributed by atoms with E-state index in [-0.39, 0.29) is 23.7 Å². The molecule has 3 atom stereocenters. The van der Waals surface area contributed by atoms with Crippen molar-refractivity contribution in [3.8, 4) is 17.2 Å². The second kappa shape index (κ2) is 12.5. The summed E-state index contributed by atoms with van der Waals surface area (Å²) in [5.41, 5.74) is 9.08. The first-order valence-electron chi connectivity index (χ1n) is 15.8. The fourth-order valence-electron chi connectivity index (χ4n) is 7.33. The first kappa shape index (κ1) is 29.9. The molecule has 0 unspecified atom stereocenters. The molecule has 10 nitrogen and oxygen atoms in total. The normalized spacial score (nSPS) is 19.1. The highest BCUT2D eigenvalue weighted by Gasteiger charge is 2.35. The van der Waals surface area contributed by atoms with Gasteiger partial charge in [0, 0.05) is 68.2 Å². The summed E-state index contributed by atoms with van der Waals surface area (Å²) in [5, 5.41) is 11.0. The number of carbonyl (C=O) groups excluding carboxylic acids is 1. The largest absolute Gasteiger partial charge is 0.502 e. The van der Waals surface area contributed by atoms with Crippen LogP contribution in [-0.2, 0) is 30.7 Å². The van der Waals surface area contributed by atoms with Gasteiger partial charge in [0.15, 0.2) is 5.76 Å². The van der Waals surface area contributed by atoms with Crippen molar-refractivity contribution in [1.82, 2.24) is 9.47 Å². The minimum Gasteiger partial charge on any atom is -0.502 e. The number of aromatic hydroxyl groups is 1. The fraction of sp³-hybridized carbons (Fsp3) is 0.361. The van der Waals surface area contributed by atoms with Crippen molar-refractivity contribution in [1.29, 1.82) is 0 Å². The number of aromatic nitrogens is 1. The Balaban J connectivity index is 1.13. The predicted octanol–water partition coefficient (Wildman–Crippen LogP) is 3.69. The third-order valence-electron chi connectivity index (χ3n) is 9.35. The summed E-state index contributed by atoms with van der Waals surface area (Å²) < 4.78 is 20.0. The zero-order valence-electron chi connectivity index (χ0n) is 25.5. The van der Waals surface area contributed by atoms with Gasteiger partial charge in [-0.05, 0) is 41.7 Å².